The second kappa shape index (κ2) is 4.79. The molecule has 0 saturated carbocycles. The van der Waals surface area contributed by atoms with Crippen molar-refractivity contribution in [1.29, 1.82) is 0 Å². The molecule has 0 saturated heterocycles. The van der Waals surface area contributed by atoms with Crippen LogP contribution in [-0.2, 0) is 0 Å². The third-order valence-electron chi connectivity index (χ3n) is 0.512. The summed E-state index contributed by atoms with van der Waals surface area (Å²) in [5, 5.41) is 0. The summed E-state index contributed by atoms with van der Waals surface area (Å²) in [6, 6.07) is 0. The molecule has 0 rings (SSSR count). The molecule has 0 unspecified atom stereocenters. The van der Waals surface area contributed by atoms with Crippen LogP contribution in [0.15, 0.2) is 0 Å². The predicted molar refractivity (Wildman–Crippen MR) is 26.9 cm³/mol. The molecule has 0 heterocycles. The standard InChI is InChI=1S/C4H10Te/c1-2-3-4-5/h5H,2-4H2,1H3. The zero-order chi connectivity index (χ0) is 4.12. The fourth-order valence-corrected chi connectivity index (χ4v) is 1.06. The average molecular weight is 186 g/mol. The summed E-state index contributed by atoms with van der Waals surface area (Å²) in [4.78, 5) is 0. The Bertz CT molecular complexity index is 11.1. The summed E-state index contributed by atoms with van der Waals surface area (Å²) in [7, 11) is 0. The van der Waals surface area contributed by atoms with Crippen molar-refractivity contribution >= 4 is 22.3 Å². The molecular formula is C4H10Te. The Morgan fingerprint density at radius 2 is 2.20 bits per heavy atom. The van der Waals surface area contributed by atoms with E-state index < -0.39 is 0 Å². The molecule has 0 aliphatic heterocycles. The molecule has 0 aromatic rings. The van der Waals surface area contributed by atoms with Crippen LogP contribution in [0.3, 0.4) is 0 Å². The SMILES string of the molecule is CCCC[TeH]. The molecular weight excluding hydrogens is 176 g/mol. The normalized spacial score (nSPS) is 8.40. The van der Waals surface area contributed by atoms with Gasteiger partial charge >= 0.3 is 46.5 Å². The topological polar surface area (TPSA) is 0 Å². The van der Waals surface area contributed by atoms with Crippen LogP contribution >= 0.6 is 0 Å². The van der Waals surface area contributed by atoms with Crippen LogP contribution in [-0.4, -0.2) is 22.3 Å². The van der Waals surface area contributed by atoms with E-state index in [1.54, 1.807) is 0 Å². The van der Waals surface area contributed by atoms with Crippen LogP contribution in [0, 0.1) is 0 Å². The molecule has 0 radical (unpaired) electrons. The van der Waals surface area contributed by atoms with Gasteiger partial charge in [-0.25, -0.2) is 0 Å². The fourth-order valence-electron chi connectivity index (χ4n) is 0.158. The molecule has 0 nitrogen and oxygen atoms in total. The molecule has 0 aromatic carbocycles. The molecule has 0 amide bonds. The third-order valence-corrected chi connectivity index (χ3v) is 1.41. The van der Waals surface area contributed by atoms with Crippen LogP contribution in [0.2, 0.25) is 4.47 Å². The third kappa shape index (κ3) is 4.79. The van der Waals surface area contributed by atoms with Crippen molar-refractivity contribution < 1.29 is 0 Å². The van der Waals surface area contributed by atoms with Crippen molar-refractivity contribution in [3.05, 3.63) is 0 Å². The van der Waals surface area contributed by atoms with E-state index in [0.717, 1.165) is 0 Å². The van der Waals surface area contributed by atoms with Gasteiger partial charge in [0, 0.05) is 0 Å². The first kappa shape index (κ1) is 5.79. The van der Waals surface area contributed by atoms with Crippen LogP contribution < -0.4 is 0 Å². The van der Waals surface area contributed by atoms with Crippen LogP contribution in [0.4, 0.5) is 0 Å². The van der Waals surface area contributed by atoms with Crippen molar-refractivity contribution in [2.45, 2.75) is 24.2 Å². The van der Waals surface area contributed by atoms with Gasteiger partial charge in [-0.1, -0.05) is 0 Å². The van der Waals surface area contributed by atoms with E-state index >= 15 is 0 Å². The van der Waals surface area contributed by atoms with Gasteiger partial charge in [-0.3, -0.25) is 0 Å². The molecule has 0 spiro atoms. The molecule has 0 aromatic heterocycles. The Kier molecular flexibility index (Phi) is 5.55. The number of rotatable bonds is 2. The maximum atomic E-state index is 2.22. The Labute approximate surface area is 46.9 Å². The first-order valence-corrected chi connectivity index (χ1v) is 3.83. The predicted octanol–water partition coefficient (Wildman–Crippen LogP) is 1.11. The van der Waals surface area contributed by atoms with E-state index in [4.69, 9.17) is 0 Å². The van der Waals surface area contributed by atoms with E-state index in [1.807, 2.05) is 22.3 Å². The Morgan fingerprint density at radius 1 is 1.60 bits per heavy atom. The zero-order valence-electron chi connectivity index (χ0n) is 3.57. The van der Waals surface area contributed by atoms with Gasteiger partial charge in [-0.2, -0.15) is 0 Å². The van der Waals surface area contributed by atoms with Crippen LogP contribution in [0.25, 0.3) is 0 Å². The summed E-state index contributed by atoms with van der Waals surface area (Å²) in [5.41, 5.74) is 0. The molecule has 32 valence electrons. The van der Waals surface area contributed by atoms with Crippen LogP contribution in [0.5, 0.6) is 0 Å². The summed E-state index contributed by atoms with van der Waals surface area (Å²) < 4.78 is 1.39. The van der Waals surface area contributed by atoms with E-state index in [9.17, 15) is 0 Å². The minimum absolute atomic E-state index is 1.36. The van der Waals surface area contributed by atoms with Crippen molar-refractivity contribution in [1.82, 2.24) is 0 Å². The van der Waals surface area contributed by atoms with Crippen molar-refractivity contribution in [3.63, 3.8) is 0 Å². The minimum atomic E-state index is 1.36. The van der Waals surface area contributed by atoms with Gasteiger partial charge in [-0.15, -0.1) is 0 Å². The van der Waals surface area contributed by atoms with E-state index in [-0.39, 0.29) is 0 Å². The van der Waals surface area contributed by atoms with Crippen molar-refractivity contribution in [2.24, 2.45) is 0 Å². The quantitative estimate of drug-likeness (QED) is 0.566. The summed E-state index contributed by atoms with van der Waals surface area (Å²) in [5.74, 6) is 0. The second-order valence-electron chi connectivity index (χ2n) is 1.08. The maximum absolute atomic E-state index is 2.22. The number of unbranched alkanes of at least 4 members (excludes halogenated alkanes) is 1. The summed E-state index contributed by atoms with van der Waals surface area (Å²) >= 11 is 1.92. The van der Waals surface area contributed by atoms with Gasteiger partial charge in [0.1, 0.15) is 0 Å². The molecule has 0 aliphatic rings. The Hall–Kier alpha value is 0.790. The van der Waals surface area contributed by atoms with E-state index in [0.29, 0.717) is 0 Å². The van der Waals surface area contributed by atoms with Gasteiger partial charge in [0.25, 0.3) is 0 Å². The van der Waals surface area contributed by atoms with Gasteiger partial charge < -0.3 is 0 Å². The molecule has 5 heavy (non-hydrogen) atoms. The second-order valence-corrected chi connectivity index (χ2v) is 2.35. The van der Waals surface area contributed by atoms with Gasteiger partial charge in [0.2, 0.25) is 0 Å². The van der Waals surface area contributed by atoms with Crippen molar-refractivity contribution in [2.75, 3.05) is 0 Å². The molecule has 0 bridgehead atoms. The Balaban J connectivity index is 2.19. The average Bonchev–Trinajstić information content (AvgIpc) is 1.41. The molecule has 0 fully saturated rings. The fraction of sp³-hybridized carbons (Fsp3) is 1.00. The molecule has 1 heteroatoms. The molecule has 0 N–H and O–H groups in total. The van der Waals surface area contributed by atoms with Crippen LogP contribution in [0.1, 0.15) is 19.8 Å². The zero-order valence-corrected chi connectivity index (χ0v) is 6.12. The van der Waals surface area contributed by atoms with E-state index in [1.165, 1.54) is 17.3 Å². The first-order valence-electron chi connectivity index (χ1n) is 2.02. The number of hydrogen-bond donors (Lipinski definition) is 0. The molecule has 0 aliphatic carbocycles. The molecule has 0 atom stereocenters. The van der Waals surface area contributed by atoms with Gasteiger partial charge in [0.15, 0.2) is 0 Å². The first-order chi connectivity index (χ1) is 2.41. The monoisotopic (exact) mass is 188 g/mol. The van der Waals surface area contributed by atoms with E-state index in [2.05, 4.69) is 6.92 Å². The van der Waals surface area contributed by atoms with Gasteiger partial charge in [0.05, 0.1) is 0 Å². The number of hydrogen-bond acceptors (Lipinski definition) is 0. The van der Waals surface area contributed by atoms with Crippen molar-refractivity contribution in [3.8, 4) is 0 Å². The van der Waals surface area contributed by atoms with Gasteiger partial charge in [-0.05, 0) is 0 Å². The summed E-state index contributed by atoms with van der Waals surface area (Å²) in [6.45, 7) is 2.22. The summed E-state index contributed by atoms with van der Waals surface area (Å²) in [6.07, 6.45) is 2.77. The Morgan fingerprint density at radius 3 is 2.20 bits per heavy atom.